The van der Waals surface area contributed by atoms with Gasteiger partial charge in [0.25, 0.3) is 5.91 Å². The first-order valence-corrected chi connectivity index (χ1v) is 13.5. The van der Waals surface area contributed by atoms with Crippen molar-refractivity contribution < 1.29 is 33.0 Å². The number of carbonyl (C=O) groups excluding carboxylic acids is 2. The Hall–Kier alpha value is -3.70. The maximum absolute atomic E-state index is 13.0. The molecule has 2 aromatic heterocycles. The lowest BCUT2D eigenvalue weighted by atomic mass is 10.1. The minimum Gasteiger partial charge on any atom is -0.387 e. The van der Waals surface area contributed by atoms with E-state index in [0.29, 0.717) is 6.54 Å². The van der Waals surface area contributed by atoms with Crippen LogP contribution in [0.25, 0.3) is 11.2 Å². The molecule has 4 rings (SSSR count). The largest absolute Gasteiger partial charge is 0.387 e. The van der Waals surface area contributed by atoms with E-state index in [1.807, 2.05) is 0 Å². The van der Waals surface area contributed by atoms with E-state index < -0.39 is 46.5 Å². The summed E-state index contributed by atoms with van der Waals surface area (Å²) in [7, 11) is -2.44. The minimum absolute atomic E-state index is 0.0100. The first-order chi connectivity index (χ1) is 18.5. The number of imidazole rings is 1. The number of sulfonamides is 1. The predicted molar refractivity (Wildman–Crippen MR) is 139 cm³/mol. The van der Waals surface area contributed by atoms with Gasteiger partial charge in [0.2, 0.25) is 10.0 Å². The zero-order valence-corrected chi connectivity index (χ0v) is 22.5. The average Bonchev–Trinajstić information content (AvgIpc) is 3.45. The van der Waals surface area contributed by atoms with E-state index in [1.165, 1.54) is 34.4 Å². The Morgan fingerprint density at radius 2 is 1.85 bits per heavy atom. The Morgan fingerprint density at radius 1 is 1.13 bits per heavy atom. The summed E-state index contributed by atoms with van der Waals surface area (Å²) in [6.07, 6.45) is -3.04. The molecule has 1 aliphatic heterocycles. The molecular weight excluding hydrogens is 532 g/mol. The third-order valence-corrected chi connectivity index (χ3v) is 8.32. The fourth-order valence-corrected chi connectivity index (χ4v) is 5.51. The van der Waals surface area contributed by atoms with E-state index in [-0.39, 0.29) is 33.6 Å². The van der Waals surface area contributed by atoms with Crippen molar-refractivity contribution in [3.8, 4) is 0 Å². The van der Waals surface area contributed by atoms with Crippen LogP contribution in [0.1, 0.15) is 27.0 Å². The van der Waals surface area contributed by atoms with Crippen molar-refractivity contribution in [2.75, 3.05) is 24.2 Å². The summed E-state index contributed by atoms with van der Waals surface area (Å²) in [5.41, 5.74) is 0.334. The summed E-state index contributed by atoms with van der Waals surface area (Å²) in [6, 6.07) is 4.90. The third kappa shape index (κ3) is 5.41. The Morgan fingerprint density at radius 3 is 2.54 bits per heavy atom. The normalized spacial score (nSPS) is 21.4. The molecule has 39 heavy (non-hydrogen) atoms. The Bertz CT molecular complexity index is 1480. The van der Waals surface area contributed by atoms with Gasteiger partial charge in [-0.05, 0) is 32.9 Å². The van der Waals surface area contributed by atoms with Crippen molar-refractivity contribution in [1.29, 1.82) is 0 Å². The number of hydrogen-bond donors (Lipinski definition) is 5. The van der Waals surface area contributed by atoms with Gasteiger partial charge in [-0.1, -0.05) is 12.1 Å². The fraction of sp³-hybridized carbons (Fsp3) is 0.435. The summed E-state index contributed by atoms with van der Waals surface area (Å²) in [4.78, 5) is 37.4. The van der Waals surface area contributed by atoms with Gasteiger partial charge in [-0.3, -0.25) is 14.7 Å². The summed E-state index contributed by atoms with van der Waals surface area (Å²) in [5.74, 6) is -0.587. The van der Waals surface area contributed by atoms with Crippen LogP contribution in [0.5, 0.6) is 0 Å². The predicted octanol–water partition coefficient (Wildman–Crippen LogP) is 0.255. The summed E-state index contributed by atoms with van der Waals surface area (Å²) < 4.78 is 34.2. The number of rotatable bonds is 8. The van der Waals surface area contributed by atoms with Crippen LogP contribution in [0.15, 0.2) is 41.8 Å². The molecule has 16 heteroatoms. The van der Waals surface area contributed by atoms with Crippen LogP contribution in [-0.2, 0) is 19.6 Å². The Labute approximate surface area is 224 Å². The number of ether oxygens (including phenoxy) is 1. The molecule has 3 heterocycles. The van der Waals surface area contributed by atoms with Gasteiger partial charge in [-0.2, -0.15) is 4.31 Å². The zero-order chi connectivity index (χ0) is 28.5. The molecule has 3 amide bonds. The van der Waals surface area contributed by atoms with Crippen molar-refractivity contribution in [2.45, 2.75) is 56.2 Å². The number of anilines is 2. The monoisotopic (exact) mass is 562 g/mol. The highest BCUT2D eigenvalue weighted by atomic mass is 32.2. The second kappa shape index (κ2) is 11.2. The molecule has 0 saturated carbocycles. The number of carbonyl (C=O) groups is 2. The van der Waals surface area contributed by atoms with Crippen LogP contribution in [0.2, 0.25) is 0 Å². The maximum Gasteiger partial charge on any atom is 0.324 e. The SMILES string of the molecule is CCNC(=O)[C@H]1O[C@@H](n2cnc3c(NC(=O)Nc4ccccc4S(=O)(=O)N(C)C(C)C)ncnc32)[C@H](O)[C@@H]1O. The molecule has 5 N–H and O–H groups in total. The molecule has 1 aromatic carbocycles. The number of amides is 3. The number of aliphatic hydroxyl groups is 2. The quantitative estimate of drug-likeness (QED) is 0.253. The van der Waals surface area contributed by atoms with Gasteiger partial charge in [-0.15, -0.1) is 0 Å². The lowest BCUT2D eigenvalue weighted by Crippen LogP contribution is -2.42. The summed E-state index contributed by atoms with van der Waals surface area (Å²) in [5, 5.41) is 28.5. The molecule has 0 bridgehead atoms. The molecule has 0 radical (unpaired) electrons. The van der Waals surface area contributed by atoms with Gasteiger partial charge in [-0.25, -0.2) is 28.2 Å². The zero-order valence-electron chi connectivity index (χ0n) is 21.6. The van der Waals surface area contributed by atoms with Crippen molar-refractivity contribution in [3.63, 3.8) is 0 Å². The smallest absolute Gasteiger partial charge is 0.324 e. The highest BCUT2D eigenvalue weighted by molar-refractivity contribution is 7.89. The van der Waals surface area contributed by atoms with Gasteiger partial charge >= 0.3 is 6.03 Å². The Balaban J connectivity index is 1.57. The standard InChI is InChI=1S/C23H30N8O7S/c1-5-24-21(34)18-16(32)17(33)22(38-18)31-11-27-15-19(25-10-26-20(15)31)29-23(35)28-13-8-6-7-9-14(13)39(36,37)30(4)12(2)3/h6-12,16-18,22,32-33H,5H2,1-4H3,(H,24,34)(H2,25,26,28,29,35)/t16-,17+,18-,22+/m0/s1. The molecule has 15 nitrogen and oxygen atoms in total. The highest BCUT2D eigenvalue weighted by Crippen LogP contribution is 2.32. The molecular formula is C23H30N8O7S. The second-order valence-corrected chi connectivity index (χ2v) is 11.0. The molecule has 1 aliphatic rings. The molecule has 0 unspecified atom stereocenters. The molecule has 1 saturated heterocycles. The third-order valence-electron chi connectivity index (χ3n) is 6.23. The number of nitrogens with one attached hydrogen (secondary N) is 3. The summed E-state index contributed by atoms with van der Waals surface area (Å²) in [6.45, 7) is 5.49. The topological polar surface area (TPSA) is 201 Å². The van der Waals surface area contributed by atoms with Crippen molar-refractivity contribution in [1.82, 2.24) is 29.1 Å². The van der Waals surface area contributed by atoms with E-state index in [1.54, 1.807) is 32.9 Å². The lowest BCUT2D eigenvalue weighted by Gasteiger charge is -2.22. The second-order valence-electron chi connectivity index (χ2n) is 9.06. The molecule has 1 fully saturated rings. The van der Waals surface area contributed by atoms with Gasteiger partial charge in [0, 0.05) is 19.6 Å². The van der Waals surface area contributed by atoms with Crippen LogP contribution < -0.4 is 16.0 Å². The van der Waals surface area contributed by atoms with E-state index in [4.69, 9.17) is 4.74 Å². The van der Waals surface area contributed by atoms with E-state index in [0.717, 1.165) is 6.33 Å². The van der Waals surface area contributed by atoms with Gasteiger partial charge in [0.1, 0.15) is 23.4 Å². The summed E-state index contributed by atoms with van der Waals surface area (Å²) >= 11 is 0. The fourth-order valence-electron chi connectivity index (χ4n) is 4.00. The number of fused-ring (bicyclic) bond motifs is 1. The molecule has 4 atom stereocenters. The van der Waals surface area contributed by atoms with E-state index >= 15 is 0 Å². The number of aliphatic hydroxyl groups excluding tert-OH is 2. The number of para-hydroxylation sites is 1. The molecule has 0 spiro atoms. The number of urea groups is 1. The van der Waals surface area contributed by atoms with E-state index in [9.17, 15) is 28.2 Å². The van der Waals surface area contributed by atoms with Crippen LogP contribution in [0, 0.1) is 0 Å². The van der Waals surface area contributed by atoms with Crippen LogP contribution in [0.3, 0.4) is 0 Å². The van der Waals surface area contributed by atoms with Crippen LogP contribution >= 0.6 is 0 Å². The van der Waals surface area contributed by atoms with E-state index in [2.05, 4.69) is 30.9 Å². The Kier molecular flexibility index (Phi) is 8.12. The van der Waals surface area contributed by atoms with Crippen LogP contribution in [-0.4, -0.2) is 92.3 Å². The van der Waals surface area contributed by atoms with Crippen molar-refractivity contribution in [3.05, 3.63) is 36.9 Å². The average molecular weight is 563 g/mol. The molecule has 0 aliphatic carbocycles. The number of aromatic nitrogens is 4. The maximum atomic E-state index is 13.0. The number of benzene rings is 1. The molecule has 210 valence electrons. The first kappa shape index (κ1) is 28.3. The van der Waals surface area contributed by atoms with Crippen LogP contribution in [0.4, 0.5) is 16.3 Å². The van der Waals surface area contributed by atoms with Gasteiger partial charge < -0.3 is 25.6 Å². The van der Waals surface area contributed by atoms with Gasteiger partial charge in [0.15, 0.2) is 29.3 Å². The lowest BCUT2D eigenvalue weighted by molar-refractivity contribution is -0.137. The van der Waals surface area contributed by atoms with Crippen molar-refractivity contribution in [2.24, 2.45) is 0 Å². The first-order valence-electron chi connectivity index (χ1n) is 12.1. The minimum atomic E-state index is -3.89. The van der Waals surface area contributed by atoms with Gasteiger partial charge in [0.05, 0.1) is 12.0 Å². The number of hydrogen-bond acceptors (Lipinski definition) is 10. The number of nitrogens with zero attached hydrogens (tertiary/aromatic N) is 5. The highest BCUT2D eigenvalue weighted by Gasteiger charge is 2.47. The number of likely N-dealkylation sites (N-methyl/N-ethyl adjacent to an activating group) is 1. The molecule has 3 aromatic rings. The van der Waals surface area contributed by atoms with Crippen molar-refractivity contribution >= 4 is 44.6 Å².